The van der Waals surface area contributed by atoms with E-state index in [9.17, 15) is 34.2 Å². The molecule has 18 nitrogen and oxygen atoms in total. The monoisotopic (exact) mass is 872 g/mol. The Balaban J connectivity index is 0.000000239. The number of hydrogen-bond donors (Lipinski definition) is 6. The molecule has 6 rings (SSSR count). The Morgan fingerprint density at radius 1 is 1.05 bits per heavy atom. The van der Waals surface area contributed by atoms with E-state index in [0.29, 0.717) is 47.6 Å². The lowest BCUT2D eigenvalue weighted by atomic mass is 9.65. The molecule has 0 saturated carbocycles. The first kappa shape index (κ1) is 47.9. The predicted molar refractivity (Wildman–Crippen MR) is 234 cm³/mol. The number of benzene rings is 1. The lowest BCUT2D eigenvalue weighted by Gasteiger charge is -2.44. The maximum Gasteiger partial charge on any atom is 0.326 e. The highest BCUT2D eigenvalue weighted by Gasteiger charge is 2.43. The third-order valence-electron chi connectivity index (χ3n) is 12.1. The second kappa shape index (κ2) is 20.8. The summed E-state index contributed by atoms with van der Waals surface area (Å²) in [7, 11) is 1.82. The van der Waals surface area contributed by atoms with E-state index < -0.39 is 35.4 Å². The van der Waals surface area contributed by atoms with Crippen LogP contribution in [0, 0.1) is 29.1 Å². The van der Waals surface area contributed by atoms with Crippen LogP contribution in [0.5, 0.6) is 0 Å². The molecule has 1 aliphatic heterocycles. The van der Waals surface area contributed by atoms with Crippen LogP contribution < -0.4 is 21.7 Å². The smallest absolute Gasteiger partial charge is 0.326 e. The molecule has 2 aromatic heterocycles. The lowest BCUT2D eigenvalue weighted by Crippen LogP contribution is -2.43. The number of carbonyl (C=O) groups excluding carboxylic acids is 3. The number of esters is 2. The minimum Gasteiger partial charge on any atom is -0.481 e. The van der Waals surface area contributed by atoms with Crippen molar-refractivity contribution >= 4 is 58.4 Å². The number of hydrogen-bond acceptors (Lipinski definition) is 15. The molecule has 8 N–H and O–H groups in total. The number of anilines is 3. The fourth-order valence-electron chi connectivity index (χ4n) is 8.11. The molecule has 1 aromatic carbocycles. The summed E-state index contributed by atoms with van der Waals surface area (Å²) in [4.78, 5) is 77.3. The Kier molecular flexibility index (Phi) is 15.8. The number of fused-ring (bicyclic) bond motifs is 2. The number of aromatic nitrogens is 4. The molecule has 2 aliphatic carbocycles. The van der Waals surface area contributed by atoms with Gasteiger partial charge in [0.2, 0.25) is 5.95 Å². The van der Waals surface area contributed by atoms with Crippen LogP contribution in [0.2, 0.25) is 0 Å². The minimum absolute atomic E-state index is 0.0138. The van der Waals surface area contributed by atoms with Gasteiger partial charge in [0.05, 0.1) is 36.4 Å². The van der Waals surface area contributed by atoms with E-state index in [2.05, 4.69) is 57.3 Å². The second-order valence-electron chi connectivity index (χ2n) is 17.5. The van der Waals surface area contributed by atoms with Gasteiger partial charge in [0, 0.05) is 37.1 Å². The van der Waals surface area contributed by atoms with E-state index in [1.807, 2.05) is 32.7 Å². The van der Waals surface area contributed by atoms with Crippen molar-refractivity contribution in [2.24, 2.45) is 29.1 Å². The standard InChI is InChI=1S/C25H38O5.C20H22N8O5/c1-6-25(4,5)24(28)30-21-12-15(2)11-17-8-7-16(3)20(23(17)21)10-9-19-13-18(26)14-22(27)29-19;1-28(9-11-8-23-17-15(24-11)16(21)26-20(22)27-17)12-4-2-10(3-5-12)18(31)25-13(19(32)33)6-7-14(29)30/h7-8,11,15-16,18-21,23,26H,6,9-10,12-14H2,1-5H3;2-5,8,13H,6-7,9H2,1H3,(H,25,31)(H,29,30)(H,32,33)(H4,21,22,23,26,27)/t15-,16-,18+,19+,20-,21-,23-;13-/m00/s1. The zero-order valence-electron chi connectivity index (χ0n) is 36.7. The number of nitrogen functional groups attached to an aromatic ring is 2. The number of nitrogens with two attached hydrogens (primary N) is 2. The summed E-state index contributed by atoms with van der Waals surface area (Å²) in [5.41, 5.74) is 14.4. The van der Waals surface area contributed by atoms with Gasteiger partial charge in [0.25, 0.3) is 5.91 Å². The highest BCUT2D eigenvalue weighted by molar-refractivity contribution is 5.97. The number of cyclic esters (lactones) is 1. The van der Waals surface area contributed by atoms with Gasteiger partial charge in [-0.15, -0.1) is 0 Å². The van der Waals surface area contributed by atoms with Crippen LogP contribution in [0.4, 0.5) is 17.5 Å². The molecule has 3 heterocycles. The number of aliphatic hydroxyl groups excluding tert-OH is 1. The minimum atomic E-state index is -1.30. The largest absolute Gasteiger partial charge is 0.481 e. The Hall–Kier alpha value is -6.17. The van der Waals surface area contributed by atoms with Crippen molar-refractivity contribution in [2.45, 2.75) is 117 Å². The molecule has 8 atom stereocenters. The number of carboxylic acids is 2. The molecule has 18 heteroatoms. The number of allylic oxidation sites excluding steroid dienone is 3. The average molecular weight is 873 g/mol. The highest BCUT2D eigenvalue weighted by atomic mass is 16.6. The summed E-state index contributed by atoms with van der Waals surface area (Å²) < 4.78 is 11.6. The quantitative estimate of drug-likeness (QED) is 0.111. The van der Waals surface area contributed by atoms with Crippen LogP contribution in [0.3, 0.4) is 0 Å². The topological polar surface area (TPSA) is 283 Å². The van der Waals surface area contributed by atoms with E-state index >= 15 is 0 Å². The molecule has 0 spiro atoms. The summed E-state index contributed by atoms with van der Waals surface area (Å²) in [5.74, 6) is -2.13. The van der Waals surface area contributed by atoms with Crippen molar-refractivity contribution in [3.05, 3.63) is 65.5 Å². The van der Waals surface area contributed by atoms with Gasteiger partial charge in [-0.2, -0.15) is 9.97 Å². The van der Waals surface area contributed by atoms with E-state index in [1.165, 1.54) is 17.7 Å². The Labute approximate surface area is 366 Å². The van der Waals surface area contributed by atoms with Gasteiger partial charge in [-0.25, -0.2) is 14.8 Å². The zero-order valence-corrected chi connectivity index (χ0v) is 36.7. The van der Waals surface area contributed by atoms with Gasteiger partial charge in [0.1, 0.15) is 18.2 Å². The highest BCUT2D eigenvalue weighted by Crippen LogP contribution is 2.45. The molecule has 1 fully saturated rings. The van der Waals surface area contributed by atoms with Gasteiger partial charge in [-0.05, 0) is 93.5 Å². The maximum atomic E-state index is 12.9. The SMILES string of the molecule is CCC(C)(C)C(=O)O[C@H]1C[C@@H](C)C=C2C=C[C@H](C)[C@H](CC[C@@H]3C[C@@H](O)CC(=O)O3)[C@H]21.CN(Cc1cnc2nc(N)nc(N)c2n1)c1ccc(C(=O)N[C@@H](CCC(=O)O)C(=O)O)cc1. The molecule has 3 aromatic rings. The number of ether oxygens (including phenoxy) is 2. The molecule has 1 saturated heterocycles. The number of aliphatic hydroxyl groups is 1. The summed E-state index contributed by atoms with van der Waals surface area (Å²) in [5, 5.41) is 30.2. The van der Waals surface area contributed by atoms with Gasteiger partial charge in [-0.1, -0.05) is 39.0 Å². The van der Waals surface area contributed by atoms with Crippen molar-refractivity contribution in [3.63, 3.8) is 0 Å². The Morgan fingerprint density at radius 2 is 1.76 bits per heavy atom. The van der Waals surface area contributed by atoms with E-state index in [-0.39, 0.29) is 66.7 Å². The molecule has 0 unspecified atom stereocenters. The van der Waals surface area contributed by atoms with Crippen molar-refractivity contribution in [1.82, 2.24) is 25.3 Å². The summed E-state index contributed by atoms with van der Waals surface area (Å²) >= 11 is 0. The number of nitrogens with one attached hydrogen (secondary N) is 1. The van der Waals surface area contributed by atoms with Gasteiger partial charge in [0.15, 0.2) is 17.0 Å². The number of amides is 1. The number of carboxylic acid groups (broad SMARTS) is 2. The molecule has 0 bridgehead atoms. The van der Waals surface area contributed by atoms with E-state index in [1.54, 1.807) is 18.3 Å². The predicted octanol–water partition coefficient (Wildman–Crippen LogP) is 4.85. The van der Waals surface area contributed by atoms with E-state index in [4.69, 9.17) is 26.0 Å². The van der Waals surface area contributed by atoms with Crippen LogP contribution >= 0.6 is 0 Å². The van der Waals surface area contributed by atoms with Crippen molar-refractivity contribution in [1.29, 1.82) is 0 Å². The average Bonchev–Trinajstić information content (AvgIpc) is 3.21. The zero-order chi connectivity index (χ0) is 46.2. The fraction of sp³-hybridized carbons (Fsp3) is 0.533. The first-order chi connectivity index (χ1) is 29.7. The van der Waals surface area contributed by atoms with Crippen molar-refractivity contribution in [2.75, 3.05) is 23.4 Å². The summed E-state index contributed by atoms with van der Waals surface area (Å²) in [6, 6.07) is 5.16. The molecule has 3 aliphatic rings. The number of nitrogens with zero attached hydrogens (tertiary/aromatic N) is 5. The van der Waals surface area contributed by atoms with Gasteiger partial charge >= 0.3 is 23.9 Å². The summed E-state index contributed by atoms with van der Waals surface area (Å²) in [6.07, 6.45) is 10.6. The third kappa shape index (κ3) is 12.7. The number of rotatable bonds is 15. The lowest BCUT2D eigenvalue weighted by molar-refractivity contribution is -0.166. The van der Waals surface area contributed by atoms with Crippen LogP contribution in [-0.4, -0.2) is 96.4 Å². The Morgan fingerprint density at radius 3 is 2.41 bits per heavy atom. The second-order valence-corrected chi connectivity index (χ2v) is 17.5. The normalized spacial score (nSPS) is 23.5. The molecule has 1 amide bonds. The number of carbonyl (C=O) groups is 5. The van der Waals surface area contributed by atoms with Crippen LogP contribution in [0.15, 0.2) is 54.3 Å². The summed E-state index contributed by atoms with van der Waals surface area (Å²) in [6.45, 7) is 10.7. The van der Waals surface area contributed by atoms with E-state index in [0.717, 1.165) is 31.4 Å². The van der Waals surface area contributed by atoms with Crippen LogP contribution in [0.25, 0.3) is 11.2 Å². The molecule has 0 radical (unpaired) electrons. The van der Waals surface area contributed by atoms with Crippen molar-refractivity contribution < 1.29 is 48.8 Å². The molecule has 340 valence electrons. The maximum absolute atomic E-state index is 12.9. The molecular formula is C45H60N8O10. The number of aliphatic carboxylic acids is 2. The molecule has 63 heavy (non-hydrogen) atoms. The first-order valence-electron chi connectivity index (χ1n) is 21.3. The molecular weight excluding hydrogens is 813 g/mol. The fourth-order valence-corrected chi connectivity index (χ4v) is 8.11. The third-order valence-corrected chi connectivity index (χ3v) is 12.1. The van der Waals surface area contributed by atoms with Crippen LogP contribution in [-0.2, 0) is 35.2 Å². The van der Waals surface area contributed by atoms with Gasteiger partial charge in [-0.3, -0.25) is 19.2 Å². The Bertz CT molecular complexity index is 2210. The first-order valence-corrected chi connectivity index (χ1v) is 21.3. The van der Waals surface area contributed by atoms with Crippen LogP contribution in [0.1, 0.15) is 102 Å². The van der Waals surface area contributed by atoms with Gasteiger partial charge < -0.3 is 46.5 Å². The van der Waals surface area contributed by atoms with Crippen molar-refractivity contribution in [3.8, 4) is 0 Å².